The van der Waals surface area contributed by atoms with E-state index in [9.17, 15) is 0 Å². The predicted octanol–water partition coefficient (Wildman–Crippen LogP) is 4.55. The smallest absolute Gasteiger partial charge is 0.114 e. The van der Waals surface area contributed by atoms with Gasteiger partial charge in [-0.1, -0.05) is 26.7 Å². The van der Waals surface area contributed by atoms with Crippen molar-refractivity contribution in [2.75, 3.05) is 0 Å². The normalized spacial score (nSPS) is 26.9. The summed E-state index contributed by atoms with van der Waals surface area (Å²) in [6, 6.07) is 0.488. The topological polar surface area (TPSA) is 24.9 Å². The number of aromatic nitrogens is 1. The van der Waals surface area contributed by atoms with Crippen LogP contribution in [-0.2, 0) is 5.54 Å². The second-order valence-electron chi connectivity index (χ2n) is 6.96. The molecule has 1 aromatic heterocycles. The lowest BCUT2D eigenvalue weighted by Gasteiger charge is -2.50. The first kappa shape index (κ1) is 15.0. The molecule has 108 valence electrons. The fourth-order valence-corrected chi connectivity index (χ4v) is 4.66. The van der Waals surface area contributed by atoms with E-state index in [0.29, 0.717) is 6.04 Å². The quantitative estimate of drug-likeness (QED) is 0.878. The van der Waals surface area contributed by atoms with E-state index in [-0.39, 0.29) is 11.0 Å². The summed E-state index contributed by atoms with van der Waals surface area (Å²) in [5.74, 6) is 0. The van der Waals surface area contributed by atoms with Crippen molar-refractivity contribution in [1.82, 2.24) is 10.3 Å². The zero-order valence-corrected chi connectivity index (χ0v) is 14.1. The molecule has 0 aliphatic heterocycles. The number of hydrogen-bond donors (Lipinski definition) is 1. The highest BCUT2D eigenvalue weighted by molar-refractivity contribution is 7.11. The van der Waals surface area contributed by atoms with Crippen LogP contribution >= 0.6 is 11.3 Å². The van der Waals surface area contributed by atoms with Crippen LogP contribution in [0.2, 0.25) is 0 Å². The Hall–Kier alpha value is -0.410. The molecule has 0 radical (unpaired) electrons. The zero-order chi connectivity index (χ0) is 14.3. The molecular weight excluding hydrogens is 252 g/mol. The predicted molar refractivity (Wildman–Crippen MR) is 83.8 cm³/mol. The summed E-state index contributed by atoms with van der Waals surface area (Å²) in [4.78, 5) is 6.27. The minimum atomic E-state index is 0.0586. The Morgan fingerprint density at radius 3 is 2.26 bits per heavy atom. The van der Waals surface area contributed by atoms with E-state index in [1.54, 1.807) is 0 Å². The molecule has 1 heterocycles. The van der Waals surface area contributed by atoms with Gasteiger partial charge in [-0.25, -0.2) is 4.98 Å². The van der Waals surface area contributed by atoms with Crippen LogP contribution in [0.25, 0.3) is 0 Å². The molecule has 1 unspecified atom stereocenters. The average Bonchev–Trinajstić information content (AvgIpc) is 2.62. The van der Waals surface area contributed by atoms with Gasteiger partial charge in [0.05, 0.1) is 11.2 Å². The van der Waals surface area contributed by atoms with Gasteiger partial charge < -0.3 is 5.32 Å². The van der Waals surface area contributed by atoms with Crippen molar-refractivity contribution in [2.24, 2.45) is 5.41 Å². The second kappa shape index (κ2) is 5.17. The van der Waals surface area contributed by atoms with E-state index >= 15 is 0 Å². The van der Waals surface area contributed by atoms with Crippen LogP contribution in [0.15, 0.2) is 0 Å². The Morgan fingerprint density at radius 1 is 1.16 bits per heavy atom. The Bertz CT molecular complexity index is 428. The molecule has 0 saturated heterocycles. The Kier molecular flexibility index (Phi) is 4.08. The van der Waals surface area contributed by atoms with Crippen molar-refractivity contribution in [3.8, 4) is 0 Å². The molecular formula is C16H28N2S. The molecule has 1 aliphatic carbocycles. The van der Waals surface area contributed by atoms with E-state index in [4.69, 9.17) is 4.98 Å². The number of aryl methyl sites for hydroxylation is 2. The van der Waals surface area contributed by atoms with E-state index in [1.807, 2.05) is 11.3 Å². The van der Waals surface area contributed by atoms with Gasteiger partial charge in [0.1, 0.15) is 5.01 Å². The van der Waals surface area contributed by atoms with E-state index < -0.39 is 0 Å². The molecule has 0 amide bonds. The molecule has 3 heteroatoms. The molecule has 2 rings (SSSR count). The number of nitrogens with zero attached hydrogens (tertiary/aromatic N) is 1. The van der Waals surface area contributed by atoms with Crippen LogP contribution in [0, 0.1) is 19.3 Å². The fourth-order valence-electron chi connectivity index (χ4n) is 3.38. The van der Waals surface area contributed by atoms with Crippen molar-refractivity contribution >= 4 is 11.3 Å². The zero-order valence-electron chi connectivity index (χ0n) is 13.3. The van der Waals surface area contributed by atoms with Gasteiger partial charge in [-0.3, -0.25) is 0 Å². The molecule has 1 atom stereocenters. The van der Waals surface area contributed by atoms with Crippen LogP contribution in [-0.4, -0.2) is 11.0 Å². The highest BCUT2D eigenvalue weighted by Gasteiger charge is 2.50. The van der Waals surface area contributed by atoms with E-state index in [2.05, 4.69) is 46.9 Å². The van der Waals surface area contributed by atoms with Crippen molar-refractivity contribution in [2.45, 2.75) is 78.8 Å². The average molecular weight is 280 g/mol. The third-order valence-corrected chi connectivity index (χ3v) is 5.92. The summed E-state index contributed by atoms with van der Waals surface area (Å²) < 4.78 is 0. The molecule has 1 N–H and O–H groups in total. The van der Waals surface area contributed by atoms with Crippen molar-refractivity contribution < 1.29 is 0 Å². The molecule has 1 aliphatic rings. The molecule has 0 bridgehead atoms. The van der Waals surface area contributed by atoms with Gasteiger partial charge >= 0.3 is 0 Å². The Morgan fingerprint density at radius 2 is 1.79 bits per heavy atom. The van der Waals surface area contributed by atoms with Crippen molar-refractivity contribution in [3.63, 3.8) is 0 Å². The lowest BCUT2D eigenvalue weighted by molar-refractivity contribution is 0.0511. The molecule has 0 aromatic carbocycles. The summed E-state index contributed by atoms with van der Waals surface area (Å²) in [6.45, 7) is 13.6. The Labute approximate surface area is 122 Å². The summed E-state index contributed by atoms with van der Waals surface area (Å²) in [6.07, 6.45) is 5.15. The van der Waals surface area contributed by atoms with E-state index in [1.165, 1.54) is 41.3 Å². The van der Waals surface area contributed by atoms with Gasteiger partial charge in [0.15, 0.2) is 0 Å². The van der Waals surface area contributed by atoms with Crippen LogP contribution in [0.4, 0.5) is 0 Å². The standard InChI is InChI=1S/C16H28N2S/c1-11(2)18-16(10-8-7-9-15(16,5)6)14-17-12(3)13(4)19-14/h11,18H,7-10H2,1-6H3. The van der Waals surface area contributed by atoms with Gasteiger partial charge in [-0.05, 0) is 46.0 Å². The lowest BCUT2D eigenvalue weighted by atomic mass is 9.63. The van der Waals surface area contributed by atoms with Gasteiger partial charge in [-0.15, -0.1) is 11.3 Å². The van der Waals surface area contributed by atoms with E-state index in [0.717, 1.165) is 0 Å². The SMILES string of the molecule is Cc1nc(C2(NC(C)C)CCCCC2(C)C)sc1C. The third-order valence-electron chi connectivity index (χ3n) is 4.69. The first-order chi connectivity index (χ1) is 8.78. The summed E-state index contributed by atoms with van der Waals surface area (Å²) in [7, 11) is 0. The molecule has 1 saturated carbocycles. The molecule has 1 fully saturated rings. The third kappa shape index (κ3) is 2.59. The number of thiazole rings is 1. The Balaban J connectivity index is 2.50. The maximum absolute atomic E-state index is 4.91. The summed E-state index contributed by atoms with van der Waals surface area (Å²) in [5, 5.41) is 5.20. The summed E-state index contributed by atoms with van der Waals surface area (Å²) >= 11 is 1.89. The van der Waals surface area contributed by atoms with Gasteiger partial charge in [0.25, 0.3) is 0 Å². The molecule has 0 spiro atoms. The number of rotatable bonds is 3. The minimum absolute atomic E-state index is 0.0586. The van der Waals surface area contributed by atoms with Gasteiger partial charge in [0.2, 0.25) is 0 Å². The lowest BCUT2D eigenvalue weighted by Crippen LogP contribution is -2.57. The van der Waals surface area contributed by atoms with Crippen molar-refractivity contribution in [1.29, 1.82) is 0 Å². The molecule has 19 heavy (non-hydrogen) atoms. The van der Waals surface area contributed by atoms with Gasteiger partial charge in [-0.2, -0.15) is 0 Å². The minimum Gasteiger partial charge on any atom is -0.303 e. The first-order valence-electron chi connectivity index (χ1n) is 7.51. The summed E-state index contributed by atoms with van der Waals surface area (Å²) in [5.41, 5.74) is 1.53. The van der Waals surface area contributed by atoms with Crippen LogP contribution in [0.1, 0.15) is 69.0 Å². The molecule has 1 aromatic rings. The number of nitrogens with one attached hydrogen (secondary N) is 1. The highest BCUT2D eigenvalue weighted by atomic mass is 32.1. The largest absolute Gasteiger partial charge is 0.303 e. The first-order valence-corrected chi connectivity index (χ1v) is 8.32. The monoisotopic (exact) mass is 280 g/mol. The van der Waals surface area contributed by atoms with Crippen LogP contribution < -0.4 is 5.32 Å². The number of hydrogen-bond acceptors (Lipinski definition) is 3. The van der Waals surface area contributed by atoms with Crippen LogP contribution in [0.3, 0.4) is 0 Å². The van der Waals surface area contributed by atoms with Crippen molar-refractivity contribution in [3.05, 3.63) is 15.6 Å². The fraction of sp³-hybridized carbons (Fsp3) is 0.812. The molecule has 2 nitrogen and oxygen atoms in total. The maximum Gasteiger partial charge on any atom is 0.114 e. The van der Waals surface area contributed by atoms with Crippen LogP contribution in [0.5, 0.6) is 0 Å². The second-order valence-corrected chi connectivity index (χ2v) is 8.16. The highest BCUT2D eigenvalue weighted by Crippen LogP contribution is 2.51. The van der Waals surface area contributed by atoms with Gasteiger partial charge in [0, 0.05) is 10.9 Å². The maximum atomic E-state index is 4.91.